The fourth-order valence-corrected chi connectivity index (χ4v) is 4.02. The zero-order chi connectivity index (χ0) is 23.3. The summed E-state index contributed by atoms with van der Waals surface area (Å²) >= 11 is 1.15. The van der Waals surface area contributed by atoms with Crippen LogP contribution in [0.5, 0.6) is 0 Å². The average molecular weight is 468 g/mol. The van der Waals surface area contributed by atoms with Crippen molar-refractivity contribution < 1.29 is 13.6 Å². The zero-order valence-electron chi connectivity index (χ0n) is 17.7. The number of carbonyl (C=O) groups excluding carboxylic acids is 1. The molecule has 0 saturated carbocycles. The molecule has 0 atom stereocenters. The number of rotatable bonds is 7. The summed E-state index contributed by atoms with van der Waals surface area (Å²) < 4.78 is 11.3. The van der Waals surface area contributed by atoms with Gasteiger partial charge in [0.1, 0.15) is 17.4 Å². The maximum absolute atomic E-state index is 12.7. The molecule has 0 radical (unpaired) electrons. The molecule has 9 heteroatoms. The fraction of sp³-hybridized carbons (Fsp3) is 0.0400. The van der Waals surface area contributed by atoms with E-state index in [1.54, 1.807) is 18.4 Å². The molecule has 0 fully saturated rings. The monoisotopic (exact) mass is 467 g/mol. The Kier molecular flexibility index (Phi) is 5.97. The van der Waals surface area contributed by atoms with E-state index in [2.05, 4.69) is 26.6 Å². The average Bonchev–Trinajstić information content (AvgIpc) is 3.63. The molecule has 2 N–H and O–H groups in total. The number of nitrogens with one attached hydrogen (secondary N) is 2. The van der Waals surface area contributed by atoms with Gasteiger partial charge in [-0.15, -0.1) is 5.10 Å². The summed E-state index contributed by atoms with van der Waals surface area (Å²) in [5, 5.41) is 19.9. The van der Waals surface area contributed by atoms with Crippen LogP contribution in [0.2, 0.25) is 0 Å². The van der Waals surface area contributed by atoms with E-state index in [9.17, 15) is 10.1 Å². The van der Waals surface area contributed by atoms with Crippen molar-refractivity contribution in [1.29, 1.82) is 5.26 Å². The second-order valence-electron chi connectivity index (χ2n) is 7.13. The number of nitriles is 1. The normalized spacial score (nSPS) is 10.7. The summed E-state index contributed by atoms with van der Waals surface area (Å²) in [6, 6.07) is 24.7. The van der Waals surface area contributed by atoms with Gasteiger partial charge in [0.15, 0.2) is 11.6 Å². The van der Waals surface area contributed by atoms with Crippen LogP contribution in [0, 0.1) is 11.3 Å². The summed E-state index contributed by atoms with van der Waals surface area (Å²) in [5.41, 5.74) is 2.53. The second-order valence-corrected chi connectivity index (χ2v) is 8.08. The number of hydrogen-bond donors (Lipinski definition) is 2. The molecule has 0 aliphatic rings. The molecule has 0 aliphatic heterocycles. The van der Waals surface area contributed by atoms with E-state index in [4.69, 9.17) is 8.83 Å². The molecule has 2 aromatic carbocycles. The van der Waals surface area contributed by atoms with Crippen molar-refractivity contribution in [2.45, 2.75) is 5.16 Å². The van der Waals surface area contributed by atoms with Gasteiger partial charge in [-0.1, -0.05) is 72.4 Å². The summed E-state index contributed by atoms with van der Waals surface area (Å²) in [6.07, 6.45) is 1.54. The lowest BCUT2D eigenvalue weighted by Gasteiger charge is -2.03. The number of amides is 1. The van der Waals surface area contributed by atoms with Crippen molar-refractivity contribution >= 4 is 23.6 Å². The van der Waals surface area contributed by atoms with Crippen molar-refractivity contribution in [1.82, 2.24) is 15.2 Å². The van der Waals surface area contributed by atoms with E-state index in [0.29, 0.717) is 28.1 Å². The Morgan fingerprint density at radius 3 is 2.44 bits per heavy atom. The van der Waals surface area contributed by atoms with E-state index in [0.717, 1.165) is 22.9 Å². The number of aromatic nitrogens is 3. The first-order chi connectivity index (χ1) is 16.7. The second kappa shape index (κ2) is 9.52. The number of hydrogen-bond acceptors (Lipinski definition) is 7. The Bertz CT molecular complexity index is 1450. The molecule has 0 aliphatic carbocycles. The van der Waals surface area contributed by atoms with E-state index < -0.39 is 0 Å². The van der Waals surface area contributed by atoms with Gasteiger partial charge in [0.05, 0.1) is 12.0 Å². The van der Waals surface area contributed by atoms with E-state index in [1.807, 2.05) is 60.7 Å². The van der Waals surface area contributed by atoms with Gasteiger partial charge < -0.3 is 8.83 Å². The number of nitrogens with zero attached hydrogens (tertiary/aromatic N) is 3. The lowest BCUT2D eigenvalue weighted by Crippen LogP contribution is -2.14. The van der Waals surface area contributed by atoms with Gasteiger partial charge in [0.2, 0.25) is 16.9 Å². The van der Waals surface area contributed by atoms with Crippen LogP contribution < -0.4 is 5.32 Å². The predicted molar refractivity (Wildman–Crippen MR) is 128 cm³/mol. The number of aromatic amines is 1. The third-order valence-electron chi connectivity index (χ3n) is 4.92. The van der Waals surface area contributed by atoms with Crippen LogP contribution in [-0.4, -0.2) is 26.8 Å². The maximum Gasteiger partial charge on any atom is 0.237 e. The Balaban J connectivity index is 1.39. The highest BCUT2D eigenvalue weighted by Gasteiger charge is 2.24. The van der Waals surface area contributed by atoms with Crippen LogP contribution in [0.3, 0.4) is 0 Å². The fourth-order valence-electron chi connectivity index (χ4n) is 3.43. The number of H-pyrrole nitrogens is 1. The Morgan fingerprint density at radius 1 is 1.03 bits per heavy atom. The number of benzene rings is 2. The lowest BCUT2D eigenvalue weighted by atomic mass is 9.98. The van der Waals surface area contributed by atoms with E-state index in [-0.39, 0.29) is 23.1 Å². The summed E-state index contributed by atoms with van der Waals surface area (Å²) in [6.45, 7) is 0. The molecule has 5 rings (SSSR count). The third kappa shape index (κ3) is 4.35. The molecule has 8 nitrogen and oxygen atoms in total. The molecule has 166 valence electrons. The van der Waals surface area contributed by atoms with Gasteiger partial charge in [0.25, 0.3) is 0 Å². The van der Waals surface area contributed by atoms with Gasteiger partial charge in [-0.3, -0.25) is 15.2 Å². The molecule has 34 heavy (non-hydrogen) atoms. The molecule has 0 unspecified atom stereocenters. The highest BCUT2D eigenvalue weighted by Crippen LogP contribution is 2.41. The van der Waals surface area contributed by atoms with Crippen molar-refractivity contribution in [3.63, 3.8) is 0 Å². The van der Waals surface area contributed by atoms with Crippen LogP contribution in [0.15, 0.2) is 93.1 Å². The number of anilines is 1. The first-order valence-electron chi connectivity index (χ1n) is 10.3. The topological polar surface area (TPSA) is 121 Å². The smallest absolute Gasteiger partial charge is 0.237 e. The molecular formula is C25H17N5O3S. The number of thioether (sulfide) groups is 1. The van der Waals surface area contributed by atoms with Crippen LogP contribution in [0.1, 0.15) is 5.56 Å². The first-order valence-corrected chi connectivity index (χ1v) is 11.3. The van der Waals surface area contributed by atoms with Crippen LogP contribution in [0.4, 0.5) is 5.88 Å². The maximum atomic E-state index is 12.7. The standard InChI is InChI=1S/C25H17N5O3S/c26-14-18-21(16-8-3-1-4-9-16)22(17-10-5-2-6-11-17)33-24(18)27-20(31)15-34-25-28-23(29-30-25)19-12-7-13-32-19/h1-13H,15H2,(H,27,31)(H,28,29,30). The molecule has 1 amide bonds. The minimum atomic E-state index is -0.348. The van der Waals surface area contributed by atoms with Crippen LogP contribution >= 0.6 is 11.8 Å². The minimum Gasteiger partial charge on any atom is -0.461 e. The minimum absolute atomic E-state index is 0.0301. The van der Waals surface area contributed by atoms with Gasteiger partial charge >= 0.3 is 0 Å². The van der Waals surface area contributed by atoms with Crippen molar-refractivity contribution in [2.75, 3.05) is 11.1 Å². The van der Waals surface area contributed by atoms with Gasteiger partial charge in [-0.25, -0.2) is 0 Å². The summed E-state index contributed by atoms with van der Waals surface area (Å²) in [5.74, 6) is 1.34. The quantitative estimate of drug-likeness (QED) is 0.299. The molecule has 0 saturated heterocycles. The molecule has 0 bridgehead atoms. The molecule has 3 aromatic heterocycles. The molecular weight excluding hydrogens is 450 g/mol. The summed E-state index contributed by atoms with van der Waals surface area (Å²) in [4.78, 5) is 17.0. The van der Waals surface area contributed by atoms with Crippen molar-refractivity contribution in [3.8, 4) is 40.1 Å². The molecule has 3 heterocycles. The Morgan fingerprint density at radius 2 is 1.76 bits per heavy atom. The third-order valence-corrected chi connectivity index (χ3v) is 5.77. The largest absolute Gasteiger partial charge is 0.461 e. The van der Waals surface area contributed by atoms with Crippen molar-refractivity contribution in [2.24, 2.45) is 0 Å². The predicted octanol–water partition coefficient (Wildman–Crippen LogP) is 5.59. The number of carbonyl (C=O) groups is 1. The van der Waals surface area contributed by atoms with Crippen molar-refractivity contribution in [3.05, 3.63) is 84.6 Å². The van der Waals surface area contributed by atoms with E-state index >= 15 is 0 Å². The Labute approximate surface area is 198 Å². The summed E-state index contributed by atoms with van der Waals surface area (Å²) in [7, 11) is 0. The van der Waals surface area contributed by atoms with Crippen LogP contribution in [0.25, 0.3) is 34.0 Å². The highest BCUT2D eigenvalue weighted by molar-refractivity contribution is 7.99. The van der Waals surface area contributed by atoms with Crippen LogP contribution in [-0.2, 0) is 4.79 Å². The first kappa shape index (κ1) is 21.3. The van der Waals surface area contributed by atoms with Gasteiger partial charge in [-0.2, -0.15) is 10.2 Å². The molecule has 5 aromatic rings. The van der Waals surface area contributed by atoms with E-state index in [1.165, 1.54) is 0 Å². The number of furan rings is 2. The Hall–Kier alpha value is -4.55. The van der Waals surface area contributed by atoms with Gasteiger partial charge in [-0.05, 0) is 17.7 Å². The lowest BCUT2D eigenvalue weighted by molar-refractivity contribution is -0.113. The zero-order valence-corrected chi connectivity index (χ0v) is 18.5. The molecule has 0 spiro atoms. The highest BCUT2D eigenvalue weighted by atomic mass is 32.2. The van der Waals surface area contributed by atoms with Gasteiger partial charge in [0, 0.05) is 11.1 Å². The SMILES string of the molecule is N#Cc1c(NC(=O)CSc2n[nH]c(-c3ccco3)n2)oc(-c2ccccc2)c1-c1ccccc1.